The summed E-state index contributed by atoms with van der Waals surface area (Å²) in [6.07, 6.45) is 2.14. The molecule has 1 nitrogen and oxygen atoms in total. The standard InChI is InChI=1S/C11H13NS/c1-8-11(2,13-3)9-6-4-5-7-10(9)12-8/h4-7H,1-3H3. The van der Waals surface area contributed by atoms with Crippen molar-refractivity contribution in [3.05, 3.63) is 29.8 Å². The van der Waals surface area contributed by atoms with Gasteiger partial charge in [-0.25, -0.2) is 0 Å². The fourth-order valence-electron chi connectivity index (χ4n) is 1.71. The molecule has 0 amide bonds. The Morgan fingerprint density at radius 2 is 2.00 bits per heavy atom. The third kappa shape index (κ3) is 1.12. The largest absolute Gasteiger partial charge is 0.256 e. The van der Waals surface area contributed by atoms with Gasteiger partial charge in [0.1, 0.15) is 0 Å². The number of hydrogen-bond acceptors (Lipinski definition) is 2. The Hall–Kier alpha value is -0.760. The van der Waals surface area contributed by atoms with Crippen molar-refractivity contribution in [1.82, 2.24) is 0 Å². The van der Waals surface area contributed by atoms with Gasteiger partial charge in [-0.1, -0.05) is 18.2 Å². The highest BCUT2D eigenvalue weighted by molar-refractivity contribution is 8.00. The third-order valence-electron chi connectivity index (χ3n) is 2.80. The molecule has 2 heteroatoms. The molecule has 0 spiro atoms. The van der Waals surface area contributed by atoms with Crippen molar-refractivity contribution in [2.24, 2.45) is 4.99 Å². The number of nitrogens with zero attached hydrogens (tertiary/aromatic N) is 1. The highest BCUT2D eigenvalue weighted by Crippen LogP contribution is 2.45. The van der Waals surface area contributed by atoms with Gasteiger partial charge in [0.05, 0.1) is 10.4 Å². The zero-order valence-corrected chi connectivity index (χ0v) is 8.98. The summed E-state index contributed by atoms with van der Waals surface area (Å²) in [4.78, 5) is 4.57. The van der Waals surface area contributed by atoms with Gasteiger partial charge in [-0.3, -0.25) is 4.99 Å². The van der Waals surface area contributed by atoms with Crippen LogP contribution in [0.3, 0.4) is 0 Å². The summed E-state index contributed by atoms with van der Waals surface area (Å²) in [5.74, 6) is 0. The minimum Gasteiger partial charge on any atom is -0.256 e. The quantitative estimate of drug-likeness (QED) is 0.663. The zero-order valence-electron chi connectivity index (χ0n) is 8.16. The summed E-state index contributed by atoms with van der Waals surface area (Å²) in [6, 6.07) is 8.38. The molecule has 0 aromatic heterocycles. The van der Waals surface area contributed by atoms with Gasteiger partial charge in [-0.2, -0.15) is 0 Å². The smallest absolute Gasteiger partial charge is 0.0776 e. The Kier molecular flexibility index (Phi) is 1.95. The Morgan fingerprint density at radius 3 is 2.69 bits per heavy atom. The van der Waals surface area contributed by atoms with Crippen LogP contribution in [0.25, 0.3) is 0 Å². The van der Waals surface area contributed by atoms with Crippen molar-refractivity contribution in [3.8, 4) is 0 Å². The summed E-state index contributed by atoms with van der Waals surface area (Å²) in [5.41, 5.74) is 3.69. The molecule has 1 aliphatic heterocycles. The Morgan fingerprint density at radius 1 is 1.31 bits per heavy atom. The van der Waals surface area contributed by atoms with Gasteiger partial charge in [0.25, 0.3) is 0 Å². The van der Waals surface area contributed by atoms with E-state index in [0.29, 0.717) is 0 Å². The molecule has 0 bridgehead atoms. The lowest BCUT2D eigenvalue weighted by Crippen LogP contribution is -2.22. The fourth-order valence-corrected chi connectivity index (χ4v) is 2.45. The monoisotopic (exact) mass is 191 g/mol. The van der Waals surface area contributed by atoms with Gasteiger partial charge in [0.2, 0.25) is 0 Å². The van der Waals surface area contributed by atoms with Crippen molar-refractivity contribution in [1.29, 1.82) is 0 Å². The van der Waals surface area contributed by atoms with E-state index in [2.05, 4.69) is 43.3 Å². The van der Waals surface area contributed by atoms with Gasteiger partial charge in [0, 0.05) is 5.71 Å². The minimum atomic E-state index is 0.0938. The minimum absolute atomic E-state index is 0.0938. The van der Waals surface area contributed by atoms with Crippen LogP contribution in [0, 0.1) is 0 Å². The van der Waals surface area contributed by atoms with Crippen LogP contribution in [0.4, 0.5) is 5.69 Å². The Bertz CT molecular complexity index is 370. The van der Waals surface area contributed by atoms with Crippen LogP contribution in [0.5, 0.6) is 0 Å². The summed E-state index contributed by atoms with van der Waals surface area (Å²) in [5, 5.41) is 0. The van der Waals surface area contributed by atoms with Crippen LogP contribution >= 0.6 is 11.8 Å². The highest BCUT2D eigenvalue weighted by atomic mass is 32.2. The predicted octanol–water partition coefficient (Wildman–Crippen LogP) is 3.37. The molecule has 0 N–H and O–H groups in total. The first-order valence-electron chi connectivity index (χ1n) is 4.39. The number of rotatable bonds is 1. The predicted molar refractivity (Wildman–Crippen MR) is 60.1 cm³/mol. The maximum Gasteiger partial charge on any atom is 0.0776 e. The van der Waals surface area contributed by atoms with E-state index in [0.717, 1.165) is 5.69 Å². The average Bonchev–Trinajstić information content (AvgIpc) is 2.41. The molecule has 1 atom stereocenters. The van der Waals surface area contributed by atoms with Crippen molar-refractivity contribution in [2.45, 2.75) is 18.6 Å². The number of fused-ring (bicyclic) bond motifs is 1. The zero-order chi connectivity index (χ0) is 9.47. The third-order valence-corrected chi connectivity index (χ3v) is 4.14. The second kappa shape index (κ2) is 2.88. The van der Waals surface area contributed by atoms with E-state index in [1.165, 1.54) is 11.3 Å². The summed E-state index contributed by atoms with van der Waals surface area (Å²) in [7, 11) is 0. The van der Waals surface area contributed by atoms with E-state index in [1.807, 2.05) is 17.8 Å². The number of thioether (sulfide) groups is 1. The first kappa shape index (κ1) is 8.82. The second-order valence-corrected chi connectivity index (χ2v) is 4.68. The molecule has 13 heavy (non-hydrogen) atoms. The molecule has 1 unspecified atom stereocenters. The SMILES string of the molecule is CSC1(C)C(C)=Nc2ccccc21. The molecule has 0 saturated heterocycles. The Labute approximate surface area is 83.3 Å². The molecule has 1 aliphatic rings. The van der Waals surface area contributed by atoms with Crippen LogP contribution in [0.15, 0.2) is 29.3 Å². The summed E-state index contributed by atoms with van der Waals surface area (Å²) >= 11 is 1.85. The molecule has 1 heterocycles. The van der Waals surface area contributed by atoms with E-state index >= 15 is 0 Å². The van der Waals surface area contributed by atoms with Crippen LogP contribution in [-0.4, -0.2) is 12.0 Å². The molecular weight excluding hydrogens is 178 g/mol. The van der Waals surface area contributed by atoms with Crippen molar-refractivity contribution in [2.75, 3.05) is 6.26 Å². The van der Waals surface area contributed by atoms with Crippen LogP contribution in [0.1, 0.15) is 19.4 Å². The van der Waals surface area contributed by atoms with E-state index in [-0.39, 0.29) is 4.75 Å². The Balaban J connectivity index is 2.61. The van der Waals surface area contributed by atoms with Gasteiger partial charge >= 0.3 is 0 Å². The lowest BCUT2D eigenvalue weighted by atomic mass is 9.98. The summed E-state index contributed by atoms with van der Waals surface area (Å²) in [6.45, 7) is 4.35. The average molecular weight is 191 g/mol. The molecule has 1 aromatic carbocycles. The molecule has 2 rings (SSSR count). The fraction of sp³-hybridized carbons (Fsp3) is 0.364. The molecular formula is C11H13NS. The number of para-hydroxylation sites is 1. The topological polar surface area (TPSA) is 12.4 Å². The maximum atomic E-state index is 4.57. The van der Waals surface area contributed by atoms with Crippen molar-refractivity contribution >= 4 is 23.2 Å². The molecule has 0 fully saturated rings. The molecule has 0 aliphatic carbocycles. The van der Waals surface area contributed by atoms with Gasteiger partial charge in [-0.05, 0) is 31.7 Å². The molecule has 0 radical (unpaired) electrons. The van der Waals surface area contributed by atoms with Crippen molar-refractivity contribution in [3.63, 3.8) is 0 Å². The number of hydrogen-bond donors (Lipinski definition) is 0. The lowest BCUT2D eigenvalue weighted by molar-refractivity contribution is 0.961. The first-order valence-corrected chi connectivity index (χ1v) is 5.61. The summed E-state index contributed by atoms with van der Waals surface area (Å²) < 4.78 is 0.0938. The number of aliphatic imine (C=N–C) groups is 1. The normalized spacial score (nSPS) is 25.6. The second-order valence-electron chi connectivity index (χ2n) is 3.45. The maximum absolute atomic E-state index is 4.57. The number of benzene rings is 1. The van der Waals surface area contributed by atoms with Crippen LogP contribution in [0.2, 0.25) is 0 Å². The lowest BCUT2D eigenvalue weighted by Gasteiger charge is -2.23. The van der Waals surface area contributed by atoms with Gasteiger partial charge in [-0.15, -0.1) is 11.8 Å². The van der Waals surface area contributed by atoms with Crippen LogP contribution in [-0.2, 0) is 4.75 Å². The molecule has 68 valence electrons. The van der Waals surface area contributed by atoms with Gasteiger partial charge < -0.3 is 0 Å². The molecule has 0 saturated carbocycles. The molecule has 1 aromatic rings. The van der Waals surface area contributed by atoms with E-state index < -0.39 is 0 Å². The van der Waals surface area contributed by atoms with Gasteiger partial charge in [0.15, 0.2) is 0 Å². The van der Waals surface area contributed by atoms with E-state index in [9.17, 15) is 0 Å². The van der Waals surface area contributed by atoms with Crippen LogP contribution < -0.4 is 0 Å². The highest BCUT2D eigenvalue weighted by Gasteiger charge is 2.35. The van der Waals surface area contributed by atoms with E-state index in [1.54, 1.807) is 0 Å². The van der Waals surface area contributed by atoms with Crippen molar-refractivity contribution < 1.29 is 0 Å². The van der Waals surface area contributed by atoms with E-state index in [4.69, 9.17) is 0 Å². The first-order chi connectivity index (χ1) is 6.18.